The summed E-state index contributed by atoms with van der Waals surface area (Å²) in [6, 6.07) is 3.16. The van der Waals surface area contributed by atoms with Gasteiger partial charge in [0.15, 0.2) is 5.76 Å². The van der Waals surface area contributed by atoms with E-state index < -0.39 is 30.0 Å². The summed E-state index contributed by atoms with van der Waals surface area (Å²) in [4.78, 5) is 16.2. The highest BCUT2D eigenvalue weighted by molar-refractivity contribution is 7.09. The zero-order valence-corrected chi connectivity index (χ0v) is 16.6. The number of nitrogens with one attached hydrogen (secondary N) is 1. The summed E-state index contributed by atoms with van der Waals surface area (Å²) in [6.07, 6.45) is 1.59. The summed E-state index contributed by atoms with van der Waals surface area (Å²) in [6.45, 7) is 9.11. The summed E-state index contributed by atoms with van der Waals surface area (Å²) >= 11 is 1.02. The lowest BCUT2D eigenvalue weighted by Gasteiger charge is -2.32. The van der Waals surface area contributed by atoms with E-state index in [-0.39, 0.29) is 12.2 Å². The average Bonchev–Trinajstić information content (AvgIpc) is 3.28. The molecule has 1 fully saturated rings. The maximum absolute atomic E-state index is 14.8. The van der Waals surface area contributed by atoms with Crippen LogP contribution in [-0.2, 0) is 15.7 Å². The Labute approximate surface area is 161 Å². The van der Waals surface area contributed by atoms with Gasteiger partial charge >= 0.3 is 7.12 Å². The lowest BCUT2D eigenvalue weighted by molar-refractivity contribution is 0.00578. The Balaban J connectivity index is 1.66. The second-order valence-corrected chi connectivity index (χ2v) is 8.09. The summed E-state index contributed by atoms with van der Waals surface area (Å²) in [5, 5.41) is 2.91. The van der Waals surface area contributed by atoms with Gasteiger partial charge in [-0.1, -0.05) is 0 Å². The first-order chi connectivity index (χ1) is 12.6. The molecule has 144 valence electrons. The van der Waals surface area contributed by atoms with Gasteiger partial charge in [-0.05, 0) is 52.3 Å². The summed E-state index contributed by atoms with van der Waals surface area (Å²) in [5.41, 5.74) is -1.30. The highest BCUT2D eigenvalue weighted by atomic mass is 32.1. The molecular formula is C17H21BFN3O4S. The predicted octanol–water partition coefficient (Wildman–Crippen LogP) is 3.80. The van der Waals surface area contributed by atoms with Crippen molar-refractivity contribution >= 4 is 29.7 Å². The van der Waals surface area contributed by atoms with Crippen molar-refractivity contribution in [2.24, 2.45) is 0 Å². The Hall–Kier alpha value is -2.04. The number of furan rings is 1. The summed E-state index contributed by atoms with van der Waals surface area (Å²) in [7, 11) is -1.05. The van der Waals surface area contributed by atoms with Crippen molar-refractivity contribution in [3.8, 4) is 0 Å². The van der Waals surface area contributed by atoms with E-state index in [2.05, 4.69) is 14.7 Å². The summed E-state index contributed by atoms with van der Waals surface area (Å²) < 4.78 is 35.4. The number of amides is 1. The molecule has 1 saturated heterocycles. The number of hydrogen-bond acceptors (Lipinski definition) is 7. The maximum atomic E-state index is 14.8. The van der Waals surface area contributed by atoms with Gasteiger partial charge in [-0.3, -0.25) is 10.1 Å². The number of hydrogen-bond donors (Lipinski definition) is 1. The van der Waals surface area contributed by atoms with Gasteiger partial charge in [-0.25, -0.2) is 9.37 Å². The van der Waals surface area contributed by atoms with Crippen LogP contribution >= 0.6 is 11.5 Å². The number of carbonyl (C=O) groups is 1. The Morgan fingerprint density at radius 1 is 1.30 bits per heavy atom. The minimum absolute atomic E-state index is 0.176. The van der Waals surface area contributed by atoms with Gasteiger partial charge < -0.3 is 13.7 Å². The third-order valence-electron chi connectivity index (χ3n) is 4.72. The highest BCUT2D eigenvalue weighted by Gasteiger charge is 2.53. The molecule has 27 heavy (non-hydrogen) atoms. The van der Waals surface area contributed by atoms with Gasteiger partial charge in [0.1, 0.15) is 11.6 Å². The monoisotopic (exact) mass is 393 g/mol. The molecule has 0 unspecified atom stereocenters. The number of allylic oxidation sites excluding steroid dienone is 1. The number of halogens is 1. The van der Waals surface area contributed by atoms with Gasteiger partial charge in [-0.15, -0.1) is 0 Å². The molecular weight excluding hydrogens is 372 g/mol. The average molecular weight is 393 g/mol. The van der Waals surface area contributed by atoms with E-state index in [9.17, 15) is 9.18 Å². The van der Waals surface area contributed by atoms with E-state index in [0.717, 1.165) is 11.5 Å². The highest BCUT2D eigenvalue weighted by Crippen LogP contribution is 2.39. The molecule has 3 rings (SSSR count). The van der Waals surface area contributed by atoms with Crippen LogP contribution in [0, 0.1) is 0 Å². The van der Waals surface area contributed by atoms with Crippen LogP contribution in [0.5, 0.6) is 0 Å². The van der Waals surface area contributed by atoms with E-state index >= 15 is 0 Å². The number of rotatable bonds is 5. The van der Waals surface area contributed by atoms with Crippen molar-refractivity contribution in [3.05, 3.63) is 41.3 Å². The van der Waals surface area contributed by atoms with E-state index in [0.29, 0.717) is 16.5 Å². The first kappa shape index (κ1) is 19.7. The molecule has 0 saturated carbocycles. The molecule has 1 aliphatic heterocycles. The van der Waals surface area contributed by atoms with Crippen molar-refractivity contribution in [1.29, 1.82) is 0 Å². The second kappa shape index (κ2) is 7.18. The minimum atomic E-state index is -1.05. The lowest BCUT2D eigenvalue weighted by Crippen LogP contribution is -2.41. The molecule has 10 heteroatoms. The normalized spacial score (nSPS) is 19.1. The SMILES string of the molecule is CC(Cc1nsc(NC(=O)c2ccco2)n1)=C(F)B1OC(C)(C)C(C)(C)O1. The van der Waals surface area contributed by atoms with Gasteiger partial charge in [0, 0.05) is 18.0 Å². The van der Waals surface area contributed by atoms with Crippen molar-refractivity contribution in [2.75, 3.05) is 5.32 Å². The van der Waals surface area contributed by atoms with Crippen molar-refractivity contribution < 1.29 is 22.9 Å². The minimum Gasteiger partial charge on any atom is -0.459 e. The van der Waals surface area contributed by atoms with Gasteiger partial charge in [-0.2, -0.15) is 4.37 Å². The van der Waals surface area contributed by atoms with Crippen LogP contribution in [0.1, 0.15) is 51.0 Å². The molecule has 7 nitrogen and oxygen atoms in total. The van der Waals surface area contributed by atoms with Crippen LogP contribution in [0.25, 0.3) is 0 Å². The quantitative estimate of drug-likeness (QED) is 0.778. The molecule has 2 aromatic heterocycles. The topological polar surface area (TPSA) is 86.5 Å². The number of anilines is 1. The van der Waals surface area contributed by atoms with Crippen LogP contribution in [0.3, 0.4) is 0 Å². The number of nitrogens with zero attached hydrogens (tertiary/aromatic N) is 2. The van der Waals surface area contributed by atoms with Crippen molar-refractivity contribution in [3.63, 3.8) is 0 Å². The maximum Gasteiger partial charge on any atom is 0.525 e. The molecule has 0 radical (unpaired) electrons. The van der Waals surface area contributed by atoms with Gasteiger partial charge in [0.05, 0.1) is 17.5 Å². The van der Waals surface area contributed by atoms with Crippen molar-refractivity contribution in [1.82, 2.24) is 9.36 Å². The van der Waals surface area contributed by atoms with E-state index in [1.54, 1.807) is 19.1 Å². The van der Waals surface area contributed by atoms with Gasteiger partial charge in [0.2, 0.25) is 5.13 Å². The Kier molecular flexibility index (Phi) is 5.24. The zero-order valence-electron chi connectivity index (χ0n) is 15.8. The summed E-state index contributed by atoms with van der Waals surface area (Å²) in [5.74, 6) is 0.159. The van der Waals surface area contributed by atoms with Crippen molar-refractivity contribution in [2.45, 2.75) is 52.2 Å². The first-order valence-corrected chi connectivity index (χ1v) is 9.24. The fourth-order valence-corrected chi connectivity index (χ4v) is 2.99. The first-order valence-electron chi connectivity index (χ1n) is 8.47. The van der Waals surface area contributed by atoms with Gasteiger partial charge in [0.25, 0.3) is 5.91 Å². The Morgan fingerprint density at radius 3 is 2.56 bits per heavy atom. The molecule has 0 bridgehead atoms. The van der Waals surface area contributed by atoms with Crippen LogP contribution in [0.15, 0.2) is 34.1 Å². The standard InChI is InChI=1S/C17H21BFN3O4S/c1-10(13(19)18-25-16(2,3)17(4,5)26-18)9-12-20-15(27-22-12)21-14(23)11-7-6-8-24-11/h6-8H,9H2,1-5H3,(H,20,21,22,23). The second-order valence-electron chi connectivity index (χ2n) is 7.34. The molecule has 1 aliphatic rings. The van der Waals surface area contributed by atoms with Crippen LogP contribution in [0.2, 0.25) is 0 Å². The fourth-order valence-electron chi connectivity index (χ4n) is 2.41. The molecule has 0 aliphatic carbocycles. The number of carbonyl (C=O) groups excluding carboxylic acids is 1. The zero-order chi connectivity index (χ0) is 19.8. The van der Waals surface area contributed by atoms with E-state index in [1.807, 2.05) is 27.7 Å². The fraction of sp³-hybridized carbons (Fsp3) is 0.471. The van der Waals surface area contributed by atoms with Crippen LogP contribution in [0.4, 0.5) is 9.52 Å². The molecule has 3 heterocycles. The van der Waals surface area contributed by atoms with E-state index in [1.165, 1.54) is 6.26 Å². The molecule has 2 aromatic rings. The molecule has 1 N–H and O–H groups in total. The van der Waals surface area contributed by atoms with Crippen LogP contribution in [-0.4, -0.2) is 33.6 Å². The third-order valence-corrected chi connectivity index (χ3v) is 5.39. The van der Waals surface area contributed by atoms with Crippen LogP contribution < -0.4 is 5.32 Å². The molecule has 0 atom stereocenters. The molecule has 0 aromatic carbocycles. The molecule has 1 amide bonds. The Bertz CT molecular complexity index is 847. The van der Waals surface area contributed by atoms with E-state index in [4.69, 9.17) is 13.7 Å². The smallest absolute Gasteiger partial charge is 0.459 e. The molecule has 0 spiro atoms. The predicted molar refractivity (Wildman–Crippen MR) is 100 cm³/mol. The lowest BCUT2D eigenvalue weighted by atomic mass is 9.84. The largest absolute Gasteiger partial charge is 0.525 e. The third kappa shape index (κ3) is 4.12. The Morgan fingerprint density at radius 2 is 1.96 bits per heavy atom. The number of aromatic nitrogens is 2.